The number of hydrogen-bond acceptors (Lipinski definition) is 6. The van der Waals surface area contributed by atoms with Crippen molar-refractivity contribution in [3.63, 3.8) is 0 Å². The minimum absolute atomic E-state index is 0.124. The van der Waals surface area contributed by atoms with E-state index in [1.807, 2.05) is 20.8 Å². The van der Waals surface area contributed by atoms with Crippen molar-refractivity contribution in [3.05, 3.63) is 24.3 Å². The molecule has 0 aromatic rings. The van der Waals surface area contributed by atoms with Crippen LogP contribution in [0.25, 0.3) is 0 Å². The molecule has 0 radical (unpaired) electrons. The highest BCUT2D eigenvalue weighted by atomic mass is 16.6. The van der Waals surface area contributed by atoms with Crippen LogP contribution >= 0.6 is 0 Å². The predicted octanol–water partition coefficient (Wildman–Crippen LogP) is 1.90. The third-order valence-electron chi connectivity index (χ3n) is 3.62. The highest BCUT2D eigenvalue weighted by molar-refractivity contribution is 5.81. The van der Waals surface area contributed by atoms with E-state index in [0.29, 0.717) is 13.0 Å². The maximum absolute atomic E-state index is 12.3. The van der Waals surface area contributed by atoms with Gasteiger partial charge in [0.25, 0.3) is 0 Å². The molecule has 1 aliphatic heterocycles. The molecule has 148 valence electrons. The smallest absolute Gasteiger partial charge is 0.405 e. The third-order valence-corrected chi connectivity index (χ3v) is 3.62. The maximum Gasteiger partial charge on any atom is 0.405 e. The monoisotopic (exact) mass is 371 g/mol. The van der Waals surface area contributed by atoms with Crippen LogP contribution in [-0.2, 0) is 23.7 Å². The van der Waals surface area contributed by atoms with Gasteiger partial charge < -0.3 is 29.4 Å². The molecule has 4 atom stereocenters. The molecule has 0 aromatic heterocycles. The van der Waals surface area contributed by atoms with Crippen molar-refractivity contribution in [2.45, 2.75) is 51.5 Å². The van der Waals surface area contributed by atoms with Crippen molar-refractivity contribution >= 4 is 12.1 Å². The number of carboxylic acid groups (broad SMARTS) is 1. The SMILES string of the molecule is C=C(C)CO[C@@H]1[C@@H](OCC(=C)C)COC[C@H](NC(=O)O)C(=O)O[C@H]1CC. The van der Waals surface area contributed by atoms with Gasteiger partial charge in [0.05, 0.1) is 26.4 Å². The summed E-state index contributed by atoms with van der Waals surface area (Å²) in [5, 5.41) is 11.0. The van der Waals surface area contributed by atoms with Gasteiger partial charge in [0.15, 0.2) is 6.04 Å². The molecule has 1 fully saturated rings. The molecule has 8 nitrogen and oxygen atoms in total. The van der Waals surface area contributed by atoms with Crippen molar-refractivity contribution in [2.24, 2.45) is 0 Å². The van der Waals surface area contributed by atoms with Crippen LogP contribution in [0.1, 0.15) is 27.2 Å². The molecule has 1 rings (SSSR count). The molecule has 1 amide bonds. The average Bonchev–Trinajstić information content (AvgIpc) is 2.60. The van der Waals surface area contributed by atoms with Crippen LogP contribution in [0.15, 0.2) is 24.3 Å². The topological polar surface area (TPSA) is 103 Å². The first kappa shape index (κ1) is 22.1. The van der Waals surface area contributed by atoms with Crippen LogP contribution in [0.4, 0.5) is 4.79 Å². The number of nitrogens with one attached hydrogen (secondary N) is 1. The molecule has 0 bridgehead atoms. The van der Waals surface area contributed by atoms with Gasteiger partial charge in [-0.1, -0.05) is 31.2 Å². The average molecular weight is 371 g/mol. The summed E-state index contributed by atoms with van der Waals surface area (Å²) in [5.74, 6) is -0.705. The second-order valence-electron chi connectivity index (χ2n) is 6.46. The van der Waals surface area contributed by atoms with E-state index >= 15 is 0 Å². The lowest BCUT2D eigenvalue weighted by Crippen LogP contribution is -2.47. The van der Waals surface area contributed by atoms with Crippen molar-refractivity contribution in [3.8, 4) is 0 Å². The van der Waals surface area contributed by atoms with Crippen LogP contribution in [0.3, 0.4) is 0 Å². The normalized spacial score (nSPS) is 26.8. The summed E-state index contributed by atoms with van der Waals surface area (Å²) >= 11 is 0. The quantitative estimate of drug-likeness (QED) is 0.496. The predicted molar refractivity (Wildman–Crippen MR) is 95.0 cm³/mol. The molecule has 0 aromatic carbocycles. The molecule has 1 heterocycles. The maximum atomic E-state index is 12.3. The summed E-state index contributed by atoms with van der Waals surface area (Å²) in [5.41, 5.74) is 1.65. The lowest BCUT2D eigenvalue weighted by molar-refractivity contribution is -0.168. The zero-order valence-electron chi connectivity index (χ0n) is 15.7. The first-order valence-corrected chi connectivity index (χ1v) is 8.54. The number of esters is 1. The fourth-order valence-corrected chi connectivity index (χ4v) is 2.41. The summed E-state index contributed by atoms with van der Waals surface area (Å²) < 4.78 is 22.8. The lowest BCUT2D eigenvalue weighted by atomic mass is 10.1. The largest absolute Gasteiger partial charge is 0.465 e. The van der Waals surface area contributed by atoms with Crippen LogP contribution in [0.5, 0.6) is 0 Å². The van der Waals surface area contributed by atoms with E-state index in [-0.39, 0.29) is 19.8 Å². The third kappa shape index (κ3) is 7.55. The standard InChI is InChI=1S/C18H29NO7/c1-6-14-16(25-8-12(4)5)15(24-7-11(2)3)10-23-9-13(17(20)26-14)19-18(21)22/h13-16,19H,2,4,6-10H2,1,3,5H3,(H,21,22)/t13-,14-,15-,16-/m0/s1. The summed E-state index contributed by atoms with van der Waals surface area (Å²) in [6.45, 7) is 13.7. The summed E-state index contributed by atoms with van der Waals surface area (Å²) in [6, 6.07) is -1.11. The number of rotatable bonds is 8. The van der Waals surface area contributed by atoms with Crippen LogP contribution in [-0.4, -0.2) is 68.0 Å². The van der Waals surface area contributed by atoms with E-state index in [2.05, 4.69) is 18.5 Å². The molecule has 1 aliphatic rings. The second kappa shape index (κ2) is 10.9. The van der Waals surface area contributed by atoms with Gasteiger partial charge in [0, 0.05) is 0 Å². The molecular formula is C18H29NO7. The molecular weight excluding hydrogens is 342 g/mol. The Labute approximate surface area is 154 Å². The zero-order valence-corrected chi connectivity index (χ0v) is 15.7. The Hall–Kier alpha value is -1.90. The second-order valence-corrected chi connectivity index (χ2v) is 6.46. The lowest BCUT2D eigenvalue weighted by Gasteiger charge is -2.32. The van der Waals surface area contributed by atoms with Gasteiger partial charge in [-0.3, -0.25) is 0 Å². The van der Waals surface area contributed by atoms with Crippen molar-refractivity contribution in [1.29, 1.82) is 0 Å². The molecule has 0 unspecified atom stereocenters. The first-order chi connectivity index (χ1) is 12.2. The number of ether oxygens (including phenoxy) is 4. The fraction of sp³-hybridized carbons (Fsp3) is 0.667. The molecule has 0 spiro atoms. The van der Waals surface area contributed by atoms with E-state index in [4.69, 9.17) is 24.1 Å². The van der Waals surface area contributed by atoms with Gasteiger partial charge in [0.2, 0.25) is 0 Å². The summed E-state index contributed by atoms with van der Waals surface area (Å²) in [7, 11) is 0. The van der Waals surface area contributed by atoms with Crippen molar-refractivity contribution in [1.82, 2.24) is 5.32 Å². The van der Waals surface area contributed by atoms with Gasteiger partial charge in [-0.05, 0) is 20.3 Å². The molecule has 0 saturated carbocycles. The minimum atomic E-state index is -1.33. The van der Waals surface area contributed by atoms with Gasteiger partial charge in [-0.25, -0.2) is 9.59 Å². The summed E-state index contributed by atoms with van der Waals surface area (Å²) in [6.07, 6.45) is -2.56. The summed E-state index contributed by atoms with van der Waals surface area (Å²) in [4.78, 5) is 23.2. The van der Waals surface area contributed by atoms with Crippen molar-refractivity contribution in [2.75, 3.05) is 26.4 Å². The van der Waals surface area contributed by atoms with Gasteiger partial charge in [-0.2, -0.15) is 0 Å². The van der Waals surface area contributed by atoms with Gasteiger partial charge in [-0.15, -0.1) is 0 Å². The van der Waals surface area contributed by atoms with Crippen molar-refractivity contribution < 1.29 is 33.6 Å². The molecule has 2 N–H and O–H groups in total. The van der Waals surface area contributed by atoms with Crippen LogP contribution in [0, 0.1) is 0 Å². The van der Waals surface area contributed by atoms with Crippen LogP contribution < -0.4 is 5.32 Å². The van der Waals surface area contributed by atoms with E-state index in [9.17, 15) is 9.59 Å². The zero-order chi connectivity index (χ0) is 19.7. The number of carbonyl (C=O) groups excluding carboxylic acids is 1. The molecule has 8 heteroatoms. The Morgan fingerprint density at radius 3 is 2.38 bits per heavy atom. The van der Waals surface area contributed by atoms with E-state index in [1.54, 1.807) is 0 Å². The number of cyclic esters (lactones) is 1. The fourth-order valence-electron chi connectivity index (χ4n) is 2.41. The Kier molecular flexibility index (Phi) is 9.32. The van der Waals surface area contributed by atoms with Gasteiger partial charge >= 0.3 is 12.1 Å². The Morgan fingerprint density at radius 2 is 1.85 bits per heavy atom. The van der Waals surface area contributed by atoms with E-state index in [1.165, 1.54) is 0 Å². The molecule has 0 aliphatic carbocycles. The first-order valence-electron chi connectivity index (χ1n) is 8.54. The van der Waals surface area contributed by atoms with Gasteiger partial charge in [0.1, 0.15) is 18.3 Å². The van der Waals surface area contributed by atoms with Crippen LogP contribution in [0.2, 0.25) is 0 Å². The Bertz CT molecular complexity index is 520. The molecule has 26 heavy (non-hydrogen) atoms. The number of hydrogen-bond donors (Lipinski definition) is 2. The van der Waals surface area contributed by atoms with E-state index in [0.717, 1.165) is 11.1 Å². The Balaban J connectivity index is 3.02. The number of amides is 1. The minimum Gasteiger partial charge on any atom is -0.465 e. The highest BCUT2D eigenvalue weighted by Gasteiger charge is 2.37. The molecule has 1 saturated heterocycles. The highest BCUT2D eigenvalue weighted by Crippen LogP contribution is 2.20. The van der Waals surface area contributed by atoms with E-state index < -0.39 is 36.4 Å². The Morgan fingerprint density at radius 1 is 1.23 bits per heavy atom. The number of carbonyl (C=O) groups is 2.